The molecule has 2 heterocycles. The smallest absolute Gasteiger partial charge is 0.406 e. The first kappa shape index (κ1) is 25.7. The van der Waals surface area contributed by atoms with Crippen LogP contribution in [0.1, 0.15) is 31.1 Å². The first-order valence-corrected chi connectivity index (χ1v) is 12.0. The summed E-state index contributed by atoms with van der Waals surface area (Å²) in [5, 5.41) is 14.0. The Balaban J connectivity index is 1.28. The minimum atomic E-state index is -4.72. The van der Waals surface area contributed by atoms with Crippen molar-refractivity contribution >= 4 is 0 Å². The Labute approximate surface area is 208 Å². The number of benzene rings is 2. The van der Waals surface area contributed by atoms with Crippen molar-refractivity contribution in [3.63, 3.8) is 0 Å². The predicted octanol–water partition coefficient (Wildman–Crippen LogP) is 5.62. The highest BCUT2D eigenvalue weighted by Crippen LogP contribution is 2.34. The third-order valence-corrected chi connectivity index (χ3v) is 6.75. The Morgan fingerprint density at radius 2 is 1.81 bits per heavy atom. The van der Waals surface area contributed by atoms with E-state index in [0.717, 1.165) is 51.1 Å². The lowest BCUT2D eigenvalue weighted by Crippen LogP contribution is -2.44. The van der Waals surface area contributed by atoms with Crippen LogP contribution in [0.5, 0.6) is 5.75 Å². The first-order valence-electron chi connectivity index (χ1n) is 12.0. The number of hydrogen-bond donors (Lipinski definition) is 0. The molecule has 0 bridgehead atoms. The van der Waals surface area contributed by atoms with E-state index in [-0.39, 0.29) is 5.75 Å². The minimum Gasteiger partial charge on any atom is -0.406 e. The summed E-state index contributed by atoms with van der Waals surface area (Å²) in [7, 11) is 0. The van der Waals surface area contributed by atoms with E-state index >= 15 is 0 Å². The third kappa shape index (κ3) is 6.45. The fraction of sp³-hybridized carbons (Fsp3) is 0.407. The summed E-state index contributed by atoms with van der Waals surface area (Å²) in [6.07, 6.45) is -3.09. The fourth-order valence-electron chi connectivity index (χ4n) is 4.58. The quantitative estimate of drug-likeness (QED) is 0.382. The number of ether oxygens (including phenoxy) is 1. The highest BCUT2D eigenvalue weighted by Gasteiger charge is 2.36. The van der Waals surface area contributed by atoms with Gasteiger partial charge in [0.1, 0.15) is 11.4 Å². The van der Waals surface area contributed by atoms with E-state index in [4.69, 9.17) is 4.52 Å². The second kappa shape index (κ2) is 11.1. The standard InChI is InChI=1S/C27H29F3N4O2/c1-2-33(16-17-34-14-12-26(20-31,13-15-34)22-6-4-3-5-7-22)19-24-18-25(32-36-24)21-8-10-23(11-9-21)35-27(28,29)30/h3-11,18H,2,12-17,19H2,1H3. The molecule has 0 radical (unpaired) electrons. The molecule has 0 unspecified atom stereocenters. The van der Waals surface area contributed by atoms with Crippen molar-refractivity contribution in [1.82, 2.24) is 15.0 Å². The molecule has 36 heavy (non-hydrogen) atoms. The van der Waals surface area contributed by atoms with E-state index in [0.29, 0.717) is 23.6 Å². The molecule has 2 aromatic carbocycles. The van der Waals surface area contributed by atoms with Crippen molar-refractivity contribution in [2.24, 2.45) is 0 Å². The molecular weight excluding hydrogens is 469 g/mol. The number of halogens is 3. The summed E-state index contributed by atoms with van der Waals surface area (Å²) in [6.45, 7) is 6.99. The topological polar surface area (TPSA) is 65.5 Å². The van der Waals surface area contributed by atoms with Crippen molar-refractivity contribution in [2.45, 2.75) is 38.1 Å². The second-order valence-corrected chi connectivity index (χ2v) is 9.02. The molecular formula is C27H29F3N4O2. The summed E-state index contributed by atoms with van der Waals surface area (Å²) < 4.78 is 46.5. The molecule has 0 atom stereocenters. The van der Waals surface area contributed by atoms with Gasteiger partial charge in [-0.1, -0.05) is 42.4 Å². The summed E-state index contributed by atoms with van der Waals surface area (Å²) in [6, 6.07) is 20.0. The molecule has 0 N–H and O–H groups in total. The summed E-state index contributed by atoms with van der Waals surface area (Å²) in [5.41, 5.74) is 1.90. The zero-order valence-corrected chi connectivity index (χ0v) is 20.2. The molecule has 1 aliphatic rings. The summed E-state index contributed by atoms with van der Waals surface area (Å²) in [5.74, 6) is 0.411. The number of likely N-dealkylation sites (tertiary alicyclic amines) is 1. The van der Waals surface area contributed by atoms with Crippen LogP contribution in [0.4, 0.5) is 13.2 Å². The second-order valence-electron chi connectivity index (χ2n) is 9.02. The van der Waals surface area contributed by atoms with E-state index in [1.165, 1.54) is 24.3 Å². The van der Waals surface area contributed by atoms with E-state index in [1.54, 1.807) is 0 Å². The van der Waals surface area contributed by atoms with Crippen LogP contribution in [0.25, 0.3) is 11.3 Å². The maximum atomic E-state index is 12.4. The molecule has 4 rings (SSSR count). The summed E-state index contributed by atoms with van der Waals surface area (Å²) in [4.78, 5) is 4.66. The van der Waals surface area contributed by atoms with Crippen LogP contribution >= 0.6 is 0 Å². The molecule has 6 nitrogen and oxygen atoms in total. The van der Waals surface area contributed by atoms with Crippen molar-refractivity contribution < 1.29 is 22.4 Å². The number of hydrogen-bond acceptors (Lipinski definition) is 6. The van der Waals surface area contributed by atoms with Gasteiger partial charge in [-0.25, -0.2) is 0 Å². The third-order valence-electron chi connectivity index (χ3n) is 6.75. The lowest BCUT2D eigenvalue weighted by Gasteiger charge is -2.38. The van der Waals surface area contributed by atoms with Crippen molar-refractivity contribution in [3.8, 4) is 23.1 Å². The van der Waals surface area contributed by atoms with Crippen molar-refractivity contribution in [2.75, 3.05) is 32.7 Å². The minimum absolute atomic E-state index is 0.277. The van der Waals surface area contributed by atoms with Gasteiger partial charge in [-0.05, 0) is 49.2 Å². The fourth-order valence-corrected chi connectivity index (χ4v) is 4.58. The zero-order chi connectivity index (χ0) is 25.6. The zero-order valence-electron chi connectivity index (χ0n) is 20.2. The van der Waals surface area contributed by atoms with Gasteiger partial charge in [0.15, 0.2) is 5.76 Å². The van der Waals surface area contributed by atoms with Gasteiger partial charge in [-0.2, -0.15) is 5.26 Å². The van der Waals surface area contributed by atoms with Gasteiger partial charge in [-0.3, -0.25) is 4.90 Å². The van der Waals surface area contributed by atoms with Gasteiger partial charge in [-0.15, -0.1) is 13.2 Å². The highest BCUT2D eigenvalue weighted by molar-refractivity contribution is 5.59. The Morgan fingerprint density at radius 1 is 1.11 bits per heavy atom. The van der Waals surface area contributed by atoms with Crippen LogP contribution in [0.2, 0.25) is 0 Å². The Hall–Kier alpha value is -3.35. The monoisotopic (exact) mass is 498 g/mol. The van der Waals surface area contributed by atoms with Crippen LogP contribution < -0.4 is 4.74 Å². The Morgan fingerprint density at radius 3 is 2.42 bits per heavy atom. The molecule has 9 heteroatoms. The molecule has 1 aliphatic heterocycles. The van der Waals surface area contributed by atoms with Gasteiger partial charge in [0, 0.05) is 37.8 Å². The van der Waals surface area contributed by atoms with Crippen LogP contribution in [0.3, 0.4) is 0 Å². The SMILES string of the molecule is CCN(CCN1CCC(C#N)(c2ccccc2)CC1)Cc1cc(-c2ccc(OC(F)(F)F)cc2)no1. The maximum absolute atomic E-state index is 12.4. The molecule has 0 amide bonds. The highest BCUT2D eigenvalue weighted by atomic mass is 19.4. The molecule has 1 fully saturated rings. The number of likely N-dealkylation sites (N-methyl/N-ethyl adjacent to an activating group) is 1. The van der Waals surface area contributed by atoms with Crippen LogP contribution in [0, 0.1) is 11.3 Å². The van der Waals surface area contributed by atoms with Gasteiger partial charge < -0.3 is 14.2 Å². The molecule has 3 aromatic rings. The Bertz CT molecular complexity index is 1150. The first-order chi connectivity index (χ1) is 17.3. The van der Waals surface area contributed by atoms with E-state index in [1.807, 2.05) is 36.4 Å². The number of nitrogens with zero attached hydrogens (tertiary/aromatic N) is 4. The predicted molar refractivity (Wildman–Crippen MR) is 129 cm³/mol. The Kier molecular flexibility index (Phi) is 7.97. The average Bonchev–Trinajstić information content (AvgIpc) is 3.35. The van der Waals surface area contributed by atoms with Crippen molar-refractivity contribution in [1.29, 1.82) is 5.26 Å². The van der Waals surface area contributed by atoms with Crippen LogP contribution in [-0.4, -0.2) is 54.0 Å². The number of nitriles is 1. The number of piperidine rings is 1. The molecule has 0 spiro atoms. The normalized spacial score (nSPS) is 16.1. The van der Waals surface area contributed by atoms with Crippen LogP contribution in [0.15, 0.2) is 65.2 Å². The average molecular weight is 499 g/mol. The maximum Gasteiger partial charge on any atom is 0.573 e. The molecule has 1 aromatic heterocycles. The van der Waals surface area contributed by atoms with Crippen LogP contribution in [-0.2, 0) is 12.0 Å². The van der Waals surface area contributed by atoms with Gasteiger partial charge in [0.05, 0.1) is 18.0 Å². The van der Waals surface area contributed by atoms with E-state index in [2.05, 4.69) is 32.7 Å². The van der Waals surface area contributed by atoms with Gasteiger partial charge in [0.25, 0.3) is 0 Å². The van der Waals surface area contributed by atoms with E-state index < -0.39 is 11.8 Å². The lowest BCUT2D eigenvalue weighted by molar-refractivity contribution is -0.274. The molecule has 0 aliphatic carbocycles. The van der Waals surface area contributed by atoms with E-state index in [9.17, 15) is 18.4 Å². The van der Waals surface area contributed by atoms with Gasteiger partial charge >= 0.3 is 6.36 Å². The number of aromatic nitrogens is 1. The number of rotatable bonds is 9. The molecule has 0 saturated carbocycles. The molecule has 1 saturated heterocycles. The number of alkyl halides is 3. The van der Waals surface area contributed by atoms with Crippen molar-refractivity contribution in [3.05, 3.63) is 72.0 Å². The summed E-state index contributed by atoms with van der Waals surface area (Å²) >= 11 is 0. The van der Waals surface area contributed by atoms with Gasteiger partial charge in [0.2, 0.25) is 0 Å². The molecule has 190 valence electrons. The lowest BCUT2D eigenvalue weighted by atomic mass is 9.74. The largest absolute Gasteiger partial charge is 0.573 e.